The Morgan fingerprint density at radius 2 is 1.62 bits per heavy atom. The highest BCUT2D eigenvalue weighted by Crippen LogP contribution is 2.25. The van der Waals surface area contributed by atoms with E-state index in [1.54, 1.807) is 0 Å². The molecule has 0 spiro atoms. The first-order valence-electron chi connectivity index (χ1n) is 6.47. The van der Waals surface area contributed by atoms with Crippen LogP contribution in [0.2, 0.25) is 0 Å². The Morgan fingerprint density at radius 3 is 2.29 bits per heavy atom. The summed E-state index contributed by atoms with van der Waals surface area (Å²) < 4.78 is 36.4. The summed E-state index contributed by atoms with van der Waals surface area (Å²) in [5, 5.41) is 0. The molecule has 0 saturated carbocycles. The maximum absolute atomic E-state index is 8.49. The smallest absolute Gasteiger partial charge is 0.213 e. The molecular formula is C15H16ClNO4. The van der Waals surface area contributed by atoms with E-state index < -0.39 is 10.2 Å². The molecule has 0 N–H and O–H groups in total. The van der Waals surface area contributed by atoms with Crippen LogP contribution in [0.5, 0.6) is 0 Å². The Bertz CT molecular complexity index is 647. The Morgan fingerprint density at radius 1 is 1.00 bits per heavy atom. The Balaban J connectivity index is 0.000000282. The van der Waals surface area contributed by atoms with E-state index in [1.165, 1.54) is 28.1 Å². The lowest BCUT2D eigenvalue weighted by Crippen LogP contribution is -2.68. The van der Waals surface area contributed by atoms with Gasteiger partial charge in [0.25, 0.3) is 0 Å². The zero-order valence-electron chi connectivity index (χ0n) is 11.8. The average Bonchev–Trinajstić information content (AvgIpc) is 2.36. The first-order chi connectivity index (χ1) is 9.75. The molecule has 21 heavy (non-hydrogen) atoms. The molecular weight excluding hydrogens is 294 g/mol. The number of benzene rings is 1. The summed E-state index contributed by atoms with van der Waals surface area (Å²) in [5.41, 5.74) is 6.97. The van der Waals surface area contributed by atoms with Gasteiger partial charge in [0.2, 0.25) is 5.69 Å². The second-order valence-electron chi connectivity index (χ2n) is 5.00. The molecule has 2 aromatic rings. The third-order valence-electron chi connectivity index (χ3n) is 3.42. The molecule has 0 aliphatic carbocycles. The number of nitrogens with zero attached hydrogens (tertiary/aromatic N) is 1. The Kier molecular flexibility index (Phi) is 4.61. The number of fused-ring (bicyclic) bond motifs is 3. The molecule has 5 nitrogen and oxygen atoms in total. The number of hydrogen-bond donors (Lipinski definition) is 0. The van der Waals surface area contributed by atoms with Gasteiger partial charge in [0, 0.05) is 31.0 Å². The van der Waals surface area contributed by atoms with E-state index in [4.69, 9.17) is 18.6 Å². The minimum atomic E-state index is -4.94. The van der Waals surface area contributed by atoms with Gasteiger partial charge < -0.3 is 0 Å². The second-order valence-corrected chi connectivity index (χ2v) is 5.75. The lowest BCUT2D eigenvalue weighted by atomic mass is 9.96. The van der Waals surface area contributed by atoms with Gasteiger partial charge in [-0.1, -0.05) is 18.2 Å². The van der Waals surface area contributed by atoms with Crippen LogP contribution in [-0.4, -0.2) is 0 Å². The Labute approximate surface area is 125 Å². The lowest BCUT2D eigenvalue weighted by Gasteiger charge is -2.17. The molecule has 0 amide bonds. The molecule has 0 radical (unpaired) electrons. The second kappa shape index (κ2) is 6.09. The number of halogens is 1. The predicted molar refractivity (Wildman–Crippen MR) is 65.3 cm³/mol. The SMILES string of the molecule is Cc1cc(C)[n+]2c(c1)-c1ccccc1CC2.[O-][Cl+3]([O-])([O-])[O-]. The highest BCUT2D eigenvalue weighted by molar-refractivity contribution is 5.62. The maximum atomic E-state index is 8.49. The van der Waals surface area contributed by atoms with E-state index in [-0.39, 0.29) is 0 Å². The maximum Gasteiger partial charge on any atom is 0.213 e. The van der Waals surface area contributed by atoms with Crippen molar-refractivity contribution in [1.82, 2.24) is 0 Å². The quantitative estimate of drug-likeness (QED) is 0.529. The standard InChI is InChI=1S/C15H16N.ClHO4/c1-11-9-12(2)16-8-7-13-5-3-4-6-14(13)15(16)10-11;2-1(3,4)5/h3-6,9-10H,7-8H2,1-2H3;(H,2,3,4,5)/q+1;/p-1. The van der Waals surface area contributed by atoms with Crippen LogP contribution in [0, 0.1) is 24.1 Å². The highest BCUT2D eigenvalue weighted by Gasteiger charge is 2.23. The van der Waals surface area contributed by atoms with Crippen molar-refractivity contribution in [2.45, 2.75) is 26.8 Å². The van der Waals surface area contributed by atoms with Crippen LogP contribution in [0.1, 0.15) is 16.8 Å². The molecule has 1 aromatic carbocycles. The molecule has 3 rings (SSSR count). The van der Waals surface area contributed by atoms with Gasteiger partial charge in [-0.3, -0.25) is 0 Å². The van der Waals surface area contributed by atoms with Crippen molar-refractivity contribution in [2.24, 2.45) is 0 Å². The van der Waals surface area contributed by atoms with Crippen molar-refractivity contribution in [3.63, 3.8) is 0 Å². The molecule has 0 bridgehead atoms. The van der Waals surface area contributed by atoms with E-state index in [0.29, 0.717) is 0 Å². The van der Waals surface area contributed by atoms with Gasteiger partial charge in [-0.25, -0.2) is 18.6 Å². The van der Waals surface area contributed by atoms with Gasteiger partial charge in [-0.2, -0.15) is 4.57 Å². The first-order valence-corrected chi connectivity index (χ1v) is 7.70. The predicted octanol–water partition coefficient (Wildman–Crippen LogP) is -1.94. The summed E-state index contributed by atoms with van der Waals surface area (Å²) >= 11 is 0. The van der Waals surface area contributed by atoms with Crippen molar-refractivity contribution >= 4 is 0 Å². The van der Waals surface area contributed by atoms with Crippen molar-refractivity contribution in [3.8, 4) is 11.3 Å². The van der Waals surface area contributed by atoms with Gasteiger partial charge in [-0.15, -0.1) is 10.2 Å². The van der Waals surface area contributed by atoms with Crippen LogP contribution in [0.4, 0.5) is 0 Å². The van der Waals surface area contributed by atoms with Crippen molar-refractivity contribution < 1.29 is 33.4 Å². The van der Waals surface area contributed by atoms with Crippen LogP contribution in [0.3, 0.4) is 0 Å². The van der Waals surface area contributed by atoms with Crippen molar-refractivity contribution in [3.05, 3.63) is 53.2 Å². The summed E-state index contributed by atoms with van der Waals surface area (Å²) in [4.78, 5) is 0. The van der Waals surface area contributed by atoms with Crippen LogP contribution in [0.15, 0.2) is 36.4 Å². The third-order valence-corrected chi connectivity index (χ3v) is 3.42. The van der Waals surface area contributed by atoms with E-state index in [2.05, 4.69) is 54.8 Å². The fourth-order valence-corrected chi connectivity index (χ4v) is 2.67. The molecule has 1 aliphatic rings. The number of pyridine rings is 1. The molecule has 0 atom stereocenters. The monoisotopic (exact) mass is 309 g/mol. The largest absolute Gasteiger partial charge is 0.222 e. The van der Waals surface area contributed by atoms with Crippen LogP contribution >= 0.6 is 0 Å². The van der Waals surface area contributed by atoms with Gasteiger partial charge >= 0.3 is 0 Å². The van der Waals surface area contributed by atoms with E-state index in [9.17, 15) is 0 Å². The van der Waals surface area contributed by atoms with E-state index in [0.717, 1.165) is 13.0 Å². The van der Waals surface area contributed by atoms with Crippen LogP contribution in [0.25, 0.3) is 11.3 Å². The lowest BCUT2D eigenvalue weighted by molar-refractivity contribution is -2.00. The molecule has 112 valence electrons. The third kappa shape index (κ3) is 4.23. The van der Waals surface area contributed by atoms with Gasteiger partial charge in [0.05, 0.1) is 0 Å². The zero-order valence-corrected chi connectivity index (χ0v) is 12.6. The first kappa shape index (κ1) is 15.9. The van der Waals surface area contributed by atoms with Gasteiger partial charge in [0.1, 0.15) is 0 Å². The summed E-state index contributed by atoms with van der Waals surface area (Å²) in [5.74, 6) is 0. The topological polar surface area (TPSA) is 96.1 Å². The molecule has 0 saturated heterocycles. The molecule has 1 aromatic heterocycles. The van der Waals surface area contributed by atoms with Crippen LogP contribution < -0.4 is 23.2 Å². The highest BCUT2D eigenvalue weighted by atomic mass is 35.7. The minimum Gasteiger partial charge on any atom is -0.222 e. The number of rotatable bonds is 0. The summed E-state index contributed by atoms with van der Waals surface area (Å²) in [6.07, 6.45) is 1.15. The summed E-state index contributed by atoms with van der Waals surface area (Å²) in [6.45, 7) is 5.48. The molecule has 0 fully saturated rings. The van der Waals surface area contributed by atoms with Crippen molar-refractivity contribution in [2.75, 3.05) is 0 Å². The minimum absolute atomic E-state index is 1.11. The summed E-state index contributed by atoms with van der Waals surface area (Å²) in [7, 11) is -4.94. The fourth-order valence-electron chi connectivity index (χ4n) is 2.67. The van der Waals surface area contributed by atoms with E-state index in [1.807, 2.05) is 0 Å². The molecule has 1 aliphatic heterocycles. The number of aryl methyl sites for hydroxylation is 3. The average molecular weight is 310 g/mol. The molecule has 2 heterocycles. The normalized spacial score (nSPS) is 12.9. The van der Waals surface area contributed by atoms with Crippen molar-refractivity contribution in [1.29, 1.82) is 0 Å². The van der Waals surface area contributed by atoms with E-state index >= 15 is 0 Å². The molecule has 0 unspecified atom stereocenters. The number of hydrogen-bond acceptors (Lipinski definition) is 4. The summed E-state index contributed by atoms with van der Waals surface area (Å²) in [6, 6.07) is 13.3. The fraction of sp³-hybridized carbons (Fsp3) is 0.267. The number of aromatic nitrogens is 1. The zero-order chi connectivity index (χ0) is 15.6. The van der Waals surface area contributed by atoms with Gasteiger partial charge in [0.15, 0.2) is 12.2 Å². The van der Waals surface area contributed by atoms with Crippen LogP contribution in [-0.2, 0) is 13.0 Å². The van der Waals surface area contributed by atoms with Gasteiger partial charge in [-0.05, 0) is 24.1 Å². The Hall–Kier alpha value is -1.50. The molecule has 6 heteroatoms.